The molecule has 0 aromatic heterocycles. The minimum absolute atomic E-state index is 0.139. The van der Waals surface area contributed by atoms with Crippen LogP contribution in [0.3, 0.4) is 0 Å². The maximum Gasteiger partial charge on any atom is 0.232 e. The van der Waals surface area contributed by atoms with E-state index < -0.39 is 0 Å². The fraction of sp³-hybridized carbons (Fsp3) is 0.900. The van der Waals surface area contributed by atoms with Crippen LogP contribution < -0.4 is 0 Å². The number of amides is 1. The van der Waals surface area contributed by atoms with E-state index in [0.717, 1.165) is 5.75 Å². The Morgan fingerprint density at radius 2 is 2.27 bits per heavy atom. The van der Waals surface area contributed by atoms with Crippen molar-refractivity contribution < 1.29 is 14.6 Å². The number of carbonyl (C=O) groups excluding carboxylic acids is 1. The first-order valence-electron chi connectivity index (χ1n) is 5.21. The second kappa shape index (κ2) is 10.3. The fourth-order valence-electron chi connectivity index (χ4n) is 1.11. The predicted octanol–water partition coefficient (Wildman–Crippen LogP) is 0.597. The molecule has 0 aromatic carbocycles. The van der Waals surface area contributed by atoms with E-state index in [9.17, 15) is 4.79 Å². The van der Waals surface area contributed by atoms with E-state index in [1.807, 2.05) is 6.92 Å². The van der Waals surface area contributed by atoms with Crippen LogP contribution in [0, 0.1) is 0 Å². The third-order valence-corrected chi connectivity index (χ3v) is 2.88. The maximum absolute atomic E-state index is 11.6. The lowest BCUT2D eigenvalue weighted by atomic mass is 10.4. The third kappa shape index (κ3) is 7.64. The SMILES string of the molecule is CCN(CCCO)C(=O)CSCCOC. The number of ether oxygens (including phenoxy) is 1. The van der Waals surface area contributed by atoms with Crippen LogP contribution in [0.15, 0.2) is 0 Å². The quantitative estimate of drug-likeness (QED) is 0.595. The highest BCUT2D eigenvalue weighted by atomic mass is 32.2. The van der Waals surface area contributed by atoms with E-state index in [2.05, 4.69) is 0 Å². The van der Waals surface area contributed by atoms with Gasteiger partial charge in [-0.3, -0.25) is 4.79 Å². The summed E-state index contributed by atoms with van der Waals surface area (Å²) in [5, 5.41) is 8.68. The molecule has 1 amide bonds. The van der Waals surface area contributed by atoms with Crippen molar-refractivity contribution in [3.05, 3.63) is 0 Å². The highest BCUT2D eigenvalue weighted by molar-refractivity contribution is 7.99. The van der Waals surface area contributed by atoms with Crippen LogP contribution in [0.1, 0.15) is 13.3 Å². The van der Waals surface area contributed by atoms with Crippen molar-refractivity contribution >= 4 is 17.7 Å². The topological polar surface area (TPSA) is 49.8 Å². The minimum Gasteiger partial charge on any atom is -0.396 e. The number of nitrogens with zero attached hydrogens (tertiary/aromatic N) is 1. The van der Waals surface area contributed by atoms with E-state index in [4.69, 9.17) is 9.84 Å². The minimum atomic E-state index is 0.139. The Balaban J connectivity index is 3.63. The molecule has 0 fully saturated rings. The molecule has 0 rings (SSSR count). The molecular weight excluding hydrogens is 214 g/mol. The number of aliphatic hydroxyl groups is 1. The van der Waals surface area contributed by atoms with Crippen LogP contribution in [0.2, 0.25) is 0 Å². The van der Waals surface area contributed by atoms with Gasteiger partial charge in [-0.15, -0.1) is 11.8 Å². The third-order valence-electron chi connectivity index (χ3n) is 1.98. The first kappa shape index (κ1) is 14.7. The van der Waals surface area contributed by atoms with Gasteiger partial charge in [-0.05, 0) is 13.3 Å². The molecule has 0 saturated carbocycles. The molecule has 0 spiro atoms. The Hall–Kier alpha value is -0.260. The van der Waals surface area contributed by atoms with Gasteiger partial charge in [0, 0.05) is 32.6 Å². The van der Waals surface area contributed by atoms with Gasteiger partial charge in [-0.25, -0.2) is 0 Å². The highest BCUT2D eigenvalue weighted by Gasteiger charge is 2.10. The van der Waals surface area contributed by atoms with Gasteiger partial charge in [-0.2, -0.15) is 0 Å². The number of aliphatic hydroxyl groups excluding tert-OH is 1. The fourth-order valence-corrected chi connectivity index (χ4v) is 1.90. The zero-order valence-corrected chi connectivity index (χ0v) is 10.4. The molecule has 5 heteroatoms. The summed E-state index contributed by atoms with van der Waals surface area (Å²) in [6.45, 7) is 4.14. The first-order chi connectivity index (χ1) is 7.26. The average molecular weight is 235 g/mol. The summed E-state index contributed by atoms with van der Waals surface area (Å²) < 4.78 is 4.90. The summed E-state index contributed by atoms with van der Waals surface area (Å²) in [4.78, 5) is 13.4. The normalized spacial score (nSPS) is 10.3. The van der Waals surface area contributed by atoms with Crippen LogP contribution >= 0.6 is 11.8 Å². The molecule has 1 N–H and O–H groups in total. The van der Waals surface area contributed by atoms with Crippen molar-refractivity contribution in [2.75, 3.05) is 44.9 Å². The lowest BCUT2D eigenvalue weighted by molar-refractivity contribution is -0.128. The molecular formula is C10H21NO3S. The number of thioether (sulfide) groups is 1. The molecule has 90 valence electrons. The number of hydrogen-bond acceptors (Lipinski definition) is 4. The number of methoxy groups -OCH3 is 1. The molecule has 0 heterocycles. The van der Waals surface area contributed by atoms with Gasteiger partial charge in [0.05, 0.1) is 12.4 Å². The Labute approximate surface area is 96.0 Å². The standard InChI is InChI=1S/C10H21NO3S/c1-3-11(5-4-6-12)10(13)9-15-8-7-14-2/h12H,3-9H2,1-2H3. The molecule has 0 aliphatic heterocycles. The van der Waals surface area contributed by atoms with Gasteiger partial charge in [0.25, 0.3) is 0 Å². The number of rotatable bonds is 9. The zero-order valence-electron chi connectivity index (χ0n) is 9.57. The van der Waals surface area contributed by atoms with Crippen LogP contribution in [0.5, 0.6) is 0 Å². The van der Waals surface area contributed by atoms with Crippen LogP contribution in [-0.4, -0.2) is 60.8 Å². The highest BCUT2D eigenvalue weighted by Crippen LogP contribution is 2.03. The van der Waals surface area contributed by atoms with Crippen molar-refractivity contribution in [1.29, 1.82) is 0 Å². The van der Waals surface area contributed by atoms with Crippen molar-refractivity contribution in [1.82, 2.24) is 4.90 Å². The maximum atomic E-state index is 11.6. The van der Waals surface area contributed by atoms with Crippen molar-refractivity contribution in [3.8, 4) is 0 Å². The van der Waals surface area contributed by atoms with Gasteiger partial charge < -0.3 is 14.7 Å². The van der Waals surface area contributed by atoms with Gasteiger partial charge in [0.15, 0.2) is 0 Å². The molecule has 0 saturated heterocycles. The summed E-state index contributed by atoms with van der Waals surface area (Å²) >= 11 is 1.58. The summed E-state index contributed by atoms with van der Waals surface area (Å²) in [5.41, 5.74) is 0. The molecule has 0 atom stereocenters. The first-order valence-corrected chi connectivity index (χ1v) is 6.37. The van der Waals surface area contributed by atoms with Gasteiger partial charge in [-0.1, -0.05) is 0 Å². The zero-order chi connectivity index (χ0) is 11.5. The second-order valence-electron chi connectivity index (χ2n) is 3.10. The summed E-state index contributed by atoms with van der Waals surface area (Å²) in [6, 6.07) is 0. The molecule has 0 aliphatic rings. The molecule has 0 aromatic rings. The number of hydrogen-bond donors (Lipinski definition) is 1. The van der Waals surface area contributed by atoms with Gasteiger partial charge in [0.1, 0.15) is 0 Å². The van der Waals surface area contributed by atoms with Crippen LogP contribution in [0.25, 0.3) is 0 Å². The Morgan fingerprint density at radius 1 is 1.53 bits per heavy atom. The monoisotopic (exact) mass is 235 g/mol. The molecule has 0 unspecified atom stereocenters. The van der Waals surface area contributed by atoms with E-state index >= 15 is 0 Å². The van der Waals surface area contributed by atoms with Crippen LogP contribution in [-0.2, 0) is 9.53 Å². The lowest BCUT2D eigenvalue weighted by Gasteiger charge is -2.20. The molecule has 4 nitrogen and oxygen atoms in total. The average Bonchev–Trinajstić information content (AvgIpc) is 2.25. The lowest BCUT2D eigenvalue weighted by Crippen LogP contribution is -2.33. The Kier molecular flexibility index (Phi) is 10.1. The molecule has 0 radical (unpaired) electrons. The molecule has 0 aliphatic carbocycles. The van der Waals surface area contributed by atoms with E-state index in [1.165, 1.54) is 0 Å². The van der Waals surface area contributed by atoms with Crippen molar-refractivity contribution in [2.24, 2.45) is 0 Å². The smallest absolute Gasteiger partial charge is 0.232 e. The van der Waals surface area contributed by atoms with Gasteiger partial charge in [0.2, 0.25) is 5.91 Å². The van der Waals surface area contributed by atoms with E-state index in [-0.39, 0.29) is 12.5 Å². The summed E-state index contributed by atoms with van der Waals surface area (Å²) in [7, 11) is 1.65. The summed E-state index contributed by atoms with van der Waals surface area (Å²) in [6.07, 6.45) is 0.655. The Bertz CT molecular complexity index is 167. The van der Waals surface area contributed by atoms with E-state index in [1.54, 1.807) is 23.8 Å². The largest absolute Gasteiger partial charge is 0.396 e. The second-order valence-corrected chi connectivity index (χ2v) is 4.20. The Morgan fingerprint density at radius 3 is 2.80 bits per heavy atom. The van der Waals surface area contributed by atoms with E-state index in [0.29, 0.717) is 31.9 Å². The molecule has 15 heavy (non-hydrogen) atoms. The number of carbonyl (C=O) groups is 1. The predicted molar refractivity (Wildman–Crippen MR) is 63.2 cm³/mol. The van der Waals surface area contributed by atoms with Crippen LogP contribution in [0.4, 0.5) is 0 Å². The summed E-state index contributed by atoms with van der Waals surface area (Å²) in [5.74, 6) is 1.50. The van der Waals surface area contributed by atoms with Crippen molar-refractivity contribution in [3.63, 3.8) is 0 Å². The van der Waals surface area contributed by atoms with Crippen molar-refractivity contribution in [2.45, 2.75) is 13.3 Å². The van der Waals surface area contributed by atoms with Gasteiger partial charge >= 0.3 is 0 Å². The molecule has 0 bridgehead atoms.